The summed E-state index contributed by atoms with van der Waals surface area (Å²) in [4.78, 5) is 43.3. The van der Waals surface area contributed by atoms with E-state index in [-0.39, 0.29) is 17.6 Å². The van der Waals surface area contributed by atoms with Gasteiger partial charge in [0.25, 0.3) is 5.91 Å². The summed E-state index contributed by atoms with van der Waals surface area (Å²) in [5.41, 5.74) is 4.51. The topological polar surface area (TPSA) is 75.7 Å². The zero-order valence-corrected chi connectivity index (χ0v) is 22.1. The number of ether oxygens (including phenoxy) is 1. The number of nitrogens with one attached hydrogen (secondary N) is 1. The zero-order valence-electron chi connectivity index (χ0n) is 21.3. The van der Waals surface area contributed by atoms with Gasteiger partial charge in [-0.05, 0) is 59.8 Å². The van der Waals surface area contributed by atoms with E-state index in [0.717, 1.165) is 16.9 Å². The van der Waals surface area contributed by atoms with Crippen molar-refractivity contribution < 1.29 is 19.1 Å². The highest BCUT2D eigenvalue weighted by molar-refractivity contribution is 7.10. The second kappa shape index (κ2) is 10.3. The minimum absolute atomic E-state index is 0.00265. The molecule has 4 aromatic rings. The number of carbonyl (C=O) groups excluding carboxylic acids is 3. The number of thiophene rings is 1. The first-order valence-corrected chi connectivity index (χ1v) is 13.7. The number of hydrogen-bond acceptors (Lipinski definition) is 6. The predicted octanol–water partition coefficient (Wildman–Crippen LogP) is 6.75. The first kappa shape index (κ1) is 24.8. The van der Waals surface area contributed by atoms with Gasteiger partial charge in [0.15, 0.2) is 5.78 Å². The highest BCUT2D eigenvalue weighted by Crippen LogP contribution is 2.48. The molecule has 6 rings (SSSR count). The third-order valence-corrected chi connectivity index (χ3v) is 8.36. The van der Waals surface area contributed by atoms with Crippen molar-refractivity contribution in [2.45, 2.75) is 24.8 Å². The predicted molar refractivity (Wildman–Crippen MR) is 152 cm³/mol. The molecule has 1 aromatic heterocycles. The molecule has 1 N–H and O–H groups in total. The van der Waals surface area contributed by atoms with Crippen LogP contribution in [0.5, 0.6) is 0 Å². The van der Waals surface area contributed by atoms with Crippen LogP contribution in [0, 0.1) is 0 Å². The summed E-state index contributed by atoms with van der Waals surface area (Å²) < 4.78 is 4.88. The van der Waals surface area contributed by atoms with Crippen LogP contribution in [0.25, 0.3) is 0 Å². The molecule has 194 valence electrons. The Kier molecular flexibility index (Phi) is 6.59. The normalized spacial score (nSPS) is 18.5. The second-order valence-electron chi connectivity index (χ2n) is 9.64. The van der Waals surface area contributed by atoms with Crippen molar-refractivity contribution in [3.8, 4) is 0 Å². The molecule has 0 unspecified atom stereocenters. The van der Waals surface area contributed by atoms with E-state index in [9.17, 15) is 14.4 Å². The average molecular weight is 535 g/mol. The van der Waals surface area contributed by atoms with E-state index in [1.54, 1.807) is 52.6 Å². The van der Waals surface area contributed by atoms with E-state index >= 15 is 0 Å². The highest BCUT2D eigenvalue weighted by Gasteiger charge is 2.42. The molecule has 39 heavy (non-hydrogen) atoms. The standard InChI is InChI=1S/C32H26N2O4S/c1-38-32(37)22-15-13-20(14-16-22)30-29-25(18-23(19-27(29)35)28-12-7-17-39-28)33-24-10-5-6-11-26(24)34(30)31(36)21-8-3-2-4-9-21/h2-17,23,30,33H,18-19H2,1H3/t23-,30-/m1/s1. The molecule has 3 aromatic carbocycles. The Balaban J connectivity index is 1.56. The molecule has 1 aliphatic carbocycles. The van der Waals surface area contributed by atoms with Crippen LogP contribution < -0.4 is 10.2 Å². The van der Waals surface area contributed by atoms with Gasteiger partial charge >= 0.3 is 5.97 Å². The van der Waals surface area contributed by atoms with E-state index in [0.29, 0.717) is 35.2 Å². The molecule has 0 fully saturated rings. The molecule has 2 atom stereocenters. The Bertz CT molecular complexity index is 1580. The van der Waals surface area contributed by atoms with Gasteiger partial charge in [-0.25, -0.2) is 4.79 Å². The molecule has 1 amide bonds. The van der Waals surface area contributed by atoms with Gasteiger partial charge in [0.1, 0.15) is 0 Å². The minimum Gasteiger partial charge on any atom is -0.465 e. The molecule has 0 bridgehead atoms. The summed E-state index contributed by atoms with van der Waals surface area (Å²) in [7, 11) is 1.34. The van der Waals surface area contributed by atoms with Crippen molar-refractivity contribution in [2.24, 2.45) is 0 Å². The fourth-order valence-electron chi connectivity index (χ4n) is 5.49. The lowest BCUT2D eigenvalue weighted by atomic mass is 9.80. The number of allylic oxidation sites excluding steroid dienone is 1. The maximum Gasteiger partial charge on any atom is 0.337 e. The van der Waals surface area contributed by atoms with Crippen LogP contribution in [-0.4, -0.2) is 24.8 Å². The number of Topliss-reactive ketones (excluding diaryl/α,β-unsaturated/α-hetero) is 1. The van der Waals surface area contributed by atoms with Crippen molar-refractivity contribution >= 4 is 40.4 Å². The van der Waals surface area contributed by atoms with Crippen LogP contribution in [0.1, 0.15) is 56.0 Å². The van der Waals surface area contributed by atoms with Crippen molar-refractivity contribution in [3.63, 3.8) is 0 Å². The first-order valence-electron chi connectivity index (χ1n) is 12.8. The van der Waals surface area contributed by atoms with E-state index < -0.39 is 12.0 Å². The van der Waals surface area contributed by atoms with Crippen molar-refractivity contribution in [1.82, 2.24) is 0 Å². The fraction of sp³-hybridized carbons (Fsp3) is 0.156. The number of amides is 1. The quantitative estimate of drug-likeness (QED) is 0.293. The monoisotopic (exact) mass is 534 g/mol. The largest absolute Gasteiger partial charge is 0.465 e. The van der Waals surface area contributed by atoms with Gasteiger partial charge in [-0.1, -0.05) is 48.5 Å². The van der Waals surface area contributed by atoms with Gasteiger partial charge in [0.05, 0.1) is 30.1 Å². The minimum atomic E-state index is -0.688. The lowest BCUT2D eigenvalue weighted by Gasteiger charge is -2.35. The van der Waals surface area contributed by atoms with E-state index in [2.05, 4.69) is 11.4 Å². The Morgan fingerprint density at radius 3 is 2.33 bits per heavy atom. The number of ketones is 1. The van der Waals surface area contributed by atoms with Crippen LogP contribution in [0.2, 0.25) is 0 Å². The number of benzene rings is 3. The van der Waals surface area contributed by atoms with Crippen LogP contribution in [0.15, 0.2) is 108 Å². The lowest BCUT2D eigenvalue weighted by molar-refractivity contribution is -0.116. The third kappa shape index (κ3) is 4.55. The number of anilines is 2. The summed E-state index contributed by atoms with van der Waals surface area (Å²) in [6.45, 7) is 0. The number of methoxy groups -OCH3 is 1. The summed E-state index contributed by atoms with van der Waals surface area (Å²) >= 11 is 1.66. The molecule has 2 heterocycles. The zero-order chi connectivity index (χ0) is 26.9. The van der Waals surface area contributed by atoms with Crippen molar-refractivity contribution in [2.75, 3.05) is 17.3 Å². The Hall–Kier alpha value is -4.49. The maximum absolute atomic E-state index is 14.2. The van der Waals surface area contributed by atoms with Gasteiger partial charge in [0, 0.05) is 34.0 Å². The number of nitrogens with zero attached hydrogens (tertiary/aromatic N) is 1. The Morgan fingerprint density at radius 1 is 0.872 bits per heavy atom. The summed E-state index contributed by atoms with van der Waals surface area (Å²) in [6.07, 6.45) is 1.02. The Morgan fingerprint density at radius 2 is 1.62 bits per heavy atom. The molecule has 6 nitrogen and oxygen atoms in total. The number of para-hydroxylation sites is 2. The summed E-state index contributed by atoms with van der Waals surface area (Å²) in [6, 6.07) is 27.1. The maximum atomic E-state index is 14.2. The molecule has 0 saturated carbocycles. The van der Waals surface area contributed by atoms with Crippen LogP contribution >= 0.6 is 11.3 Å². The van der Waals surface area contributed by atoms with Crippen molar-refractivity contribution in [1.29, 1.82) is 0 Å². The number of carbonyl (C=O) groups is 3. The molecule has 0 spiro atoms. The average Bonchev–Trinajstić information content (AvgIpc) is 3.47. The molecule has 7 heteroatoms. The molecule has 2 aliphatic rings. The third-order valence-electron chi connectivity index (χ3n) is 7.32. The number of rotatable bonds is 4. The van der Waals surface area contributed by atoms with Crippen LogP contribution in [0.3, 0.4) is 0 Å². The summed E-state index contributed by atoms with van der Waals surface area (Å²) in [5, 5.41) is 5.59. The van der Waals surface area contributed by atoms with E-state index in [1.807, 2.05) is 53.9 Å². The smallest absolute Gasteiger partial charge is 0.337 e. The number of fused-ring (bicyclic) bond motifs is 1. The van der Waals surface area contributed by atoms with Gasteiger partial charge in [0.2, 0.25) is 0 Å². The van der Waals surface area contributed by atoms with E-state index in [4.69, 9.17) is 4.74 Å². The molecule has 0 radical (unpaired) electrons. The SMILES string of the molecule is COC(=O)c1ccc([C@@H]2C3=C(C[C@@H](c4cccs4)CC3=O)Nc3ccccc3N2C(=O)c2ccccc2)cc1. The van der Waals surface area contributed by atoms with Gasteiger partial charge in [-0.2, -0.15) is 0 Å². The van der Waals surface area contributed by atoms with Gasteiger partial charge in [-0.3, -0.25) is 14.5 Å². The number of esters is 1. The molecular formula is C32H26N2O4S. The van der Waals surface area contributed by atoms with Gasteiger partial charge < -0.3 is 10.1 Å². The summed E-state index contributed by atoms with van der Waals surface area (Å²) in [5.74, 6) is -0.592. The van der Waals surface area contributed by atoms with Crippen molar-refractivity contribution in [3.05, 3.63) is 129 Å². The lowest BCUT2D eigenvalue weighted by Crippen LogP contribution is -2.38. The Labute approximate surface area is 230 Å². The molecule has 0 saturated heterocycles. The fourth-order valence-corrected chi connectivity index (χ4v) is 6.32. The van der Waals surface area contributed by atoms with Crippen LogP contribution in [-0.2, 0) is 9.53 Å². The second-order valence-corrected chi connectivity index (χ2v) is 10.6. The first-order chi connectivity index (χ1) is 19.0. The van der Waals surface area contributed by atoms with E-state index in [1.165, 1.54) is 12.0 Å². The number of hydrogen-bond donors (Lipinski definition) is 1. The molecule has 1 aliphatic heterocycles. The van der Waals surface area contributed by atoms with Gasteiger partial charge in [-0.15, -0.1) is 11.3 Å². The van der Waals surface area contributed by atoms with Crippen LogP contribution in [0.4, 0.5) is 11.4 Å². The highest BCUT2D eigenvalue weighted by atomic mass is 32.1. The molecular weight excluding hydrogens is 508 g/mol.